The lowest BCUT2D eigenvalue weighted by Crippen LogP contribution is -2.30. The number of halogens is 1. The summed E-state index contributed by atoms with van der Waals surface area (Å²) in [6, 6.07) is 4.60. The van der Waals surface area contributed by atoms with Crippen LogP contribution in [0, 0.1) is 12.3 Å². The number of nitrogens with two attached hydrogens (primary N) is 1. The molecule has 0 saturated heterocycles. The number of nitrogens with zero attached hydrogens (tertiary/aromatic N) is 1. The Morgan fingerprint density at radius 3 is 2.90 bits per heavy atom. The molecule has 1 aliphatic rings. The van der Waals surface area contributed by atoms with E-state index in [4.69, 9.17) is 5.73 Å². The molecule has 1 aliphatic carbocycles. The summed E-state index contributed by atoms with van der Waals surface area (Å²) >= 11 is 5.45. The molecule has 0 aromatic carbocycles. The molecule has 1 unspecified atom stereocenters. The van der Waals surface area contributed by atoms with Gasteiger partial charge in [-0.3, -0.25) is 0 Å². The van der Waals surface area contributed by atoms with Crippen LogP contribution in [0.2, 0.25) is 0 Å². The van der Waals surface area contributed by atoms with Gasteiger partial charge in [0.2, 0.25) is 0 Å². The fraction of sp³-hybridized carbons (Fsp3) is 0.500. The summed E-state index contributed by atoms with van der Waals surface area (Å²) in [7, 11) is 0. The Kier molecular flexibility index (Phi) is 3.59. The van der Waals surface area contributed by atoms with Crippen molar-refractivity contribution < 1.29 is 0 Å². The molecule has 0 bridgehead atoms. The standard InChI is InChI=1S/C16H21BrN2S/c1-10-6-11-13(18)7-16(2,3)8-14(11)19(10)9-15-12(17)4-5-20-15/h4-6,13H,7-9,18H2,1-3H3. The van der Waals surface area contributed by atoms with Crippen LogP contribution in [0.4, 0.5) is 0 Å². The van der Waals surface area contributed by atoms with Gasteiger partial charge in [0.1, 0.15) is 0 Å². The fourth-order valence-corrected chi connectivity index (χ4v) is 4.77. The molecule has 2 aromatic rings. The monoisotopic (exact) mass is 352 g/mol. The highest BCUT2D eigenvalue weighted by Crippen LogP contribution is 2.41. The van der Waals surface area contributed by atoms with E-state index in [0.717, 1.165) is 19.4 Å². The van der Waals surface area contributed by atoms with Crippen molar-refractivity contribution in [2.75, 3.05) is 0 Å². The van der Waals surface area contributed by atoms with Gasteiger partial charge >= 0.3 is 0 Å². The molecule has 20 heavy (non-hydrogen) atoms. The van der Waals surface area contributed by atoms with E-state index in [9.17, 15) is 0 Å². The first-order valence-electron chi connectivity index (χ1n) is 7.04. The van der Waals surface area contributed by atoms with Gasteiger partial charge in [-0.05, 0) is 64.2 Å². The minimum absolute atomic E-state index is 0.181. The number of fused-ring (bicyclic) bond motifs is 1. The number of hydrogen-bond acceptors (Lipinski definition) is 2. The third-order valence-corrected chi connectivity index (χ3v) is 6.17. The highest BCUT2D eigenvalue weighted by molar-refractivity contribution is 9.10. The molecule has 0 aliphatic heterocycles. The van der Waals surface area contributed by atoms with E-state index in [1.54, 1.807) is 0 Å². The van der Waals surface area contributed by atoms with Gasteiger partial charge < -0.3 is 10.3 Å². The predicted octanol–water partition coefficient (Wildman–Crippen LogP) is 4.64. The SMILES string of the molecule is Cc1cc2c(n1Cc1sccc1Br)CC(C)(C)CC2N. The van der Waals surface area contributed by atoms with Crippen LogP contribution >= 0.6 is 27.3 Å². The minimum Gasteiger partial charge on any atom is -0.343 e. The molecule has 4 heteroatoms. The second kappa shape index (κ2) is 5.00. The summed E-state index contributed by atoms with van der Waals surface area (Å²) in [6.45, 7) is 7.79. The average Bonchev–Trinajstić information content (AvgIpc) is 2.86. The second-order valence-corrected chi connectivity index (χ2v) is 8.47. The maximum atomic E-state index is 6.39. The highest BCUT2D eigenvalue weighted by atomic mass is 79.9. The molecule has 0 spiro atoms. The van der Waals surface area contributed by atoms with E-state index < -0.39 is 0 Å². The van der Waals surface area contributed by atoms with Gasteiger partial charge in [0.25, 0.3) is 0 Å². The minimum atomic E-state index is 0.181. The zero-order valence-electron chi connectivity index (χ0n) is 12.2. The lowest BCUT2D eigenvalue weighted by atomic mass is 9.74. The Balaban J connectivity index is 2.03. The molecule has 3 rings (SSSR count). The average molecular weight is 353 g/mol. The number of thiophene rings is 1. The maximum absolute atomic E-state index is 6.39. The topological polar surface area (TPSA) is 30.9 Å². The van der Waals surface area contributed by atoms with E-state index in [0.29, 0.717) is 5.41 Å². The van der Waals surface area contributed by atoms with Gasteiger partial charge in [-0.1, -0.05) is 13.8 Å². The molecule has 2 aromatic heterocycles. The molecule has 0 saturated carbocycles. The van der Waals surface area contributed by atoms with Gasteiger partial charge in [-0.25, -0.2) is 0 Å². The quantitative estimate of drug-likeness (QED) is 0.838. The van der Waals surface area contributed by atoms with Crippen molar-refractivity contribution in [2.24, 2.45) is 11.1 Å². The molecular formula is C16H21BrN2S. The first kappa shape index (κ1) is 14.4. The zero-order chi connectivity index (χ0) is 14.5. The van der Waals surface area contributed by atoms with E-state index in [1.165, 1.54) is 26.3 Å². The Morgan fingerprint density at radius 1 is 1.50 bits per heavy atom. The fourth-order valence-electron chi connectivity index (χ4n) is 3.31. The number of aryl methyl sites for hydroxylation is 1. The second-order valence-electron chi connectivity index (χ2n) is 6.62. The molecule has 0 fully saturated rings. The molecule has 2 nitrogen and oxygen atoms in total. The molecule has 108 valence electrons. The van der Waals surface area contributed by atoms with Crippen molar-refractivity contribution in [3.63, 3.8) is 0 Å². The van der Waals surface area contributed by atoms with Crippen LogP contribution in [-0.4, -0.2) is 4.57 Å². The van der Waals surface area contributed by atoms with Crippen molar-refractivity contribution in [3.8, 4) is 0 Å². The summed E-state index contributed by atoms with van der Waals surface area (Å²) in [5, 5.41) is 2.14. The van der Waals surface area contributed by atoms with Crippen LogP contribution in [0.25, 0.3) is 0 Å². The van der Waals surface area contributed by atoms with Crippen LogP contribution < -0.4 is 5.73 Å². The van der Waals surface area contributed by atoms with Gasteiger partial charge in [-0.15, -0.1) is 11.3 Å². The lowest BCUT2D eigenvalue weighted by molar-refractivity contribution is 0.276. The van der Waals surface area contributed by atoms with Crippen molar-refractivity contribution in [3.05, 3.63) is 43.8 Å². The summed E-state index contributed by atoms with van der Waals surface area (Å²) < 4.78 is 3.66. The third-order valence-electron chi connectivity index (χ3n) is 4.26. The Morgan fingerprint density at radius 2 is 2.25 bits per heavy atom. The van der Waals surface area contributed by atoms with E-state index in [2.05, 4.69) is 58.8 Å². The smallest absolute Gasteiger partial charge is 0.0580 e. The third kappa shape index (κ3) is 2.49. The molecule has 0 radical (unpaired) electrons. The number of rotatable bonds is 2. The molecular weight excluding hydrogens is 332 g/mol. The van der Waals surface area contributed by atoms with Crippen LogP contribution in [0.1, 0.15) is 48.1 Å². The van der Waals surface area contributed by atoms with E-state index in [-0.39, 0.29) is 6.04 Å². The van der Waals surface area contributed by atoms with Crippen molar-refractivity contribution >= 4 is 27.3 Å². The molecule has 0 amide bonds. The normalized spacial score (nSPS) is 20.9. The van der Waals surface area contributed by atoms with Crippen molar-refractivity contribution in [1.29, 1.82) is 0 Å². The lowest BCUT2D eigenvalue weighted by Gasteiger charge is -2.34. The summed E-state index contributed by atoms with van der Waals surface area (Å²) in [4.78, 5) is 1.38. The van der Waals surface area contributed by atoms with Crippen molar-refractivity contribution in [2.45, 2.75) is 46.2 Å². The zero-order valence-corrected chi connectivity index (χ0v) is 14.6. The summed E-state index contributed by atoms with van der Waals surface area (Å²) in [6.07, 6.45) is 2.19. The van der Waals surface area contributed by atoms with Crippen molar-refractivity contribution in [1.82, 2.24) is 4.57 Å². The van der Waals surface area contributed by atoms with Gasteiger partial charge in [0.05, 0.1) is 6.54 Å². The van der Waals surface area contributed by atoms with Crippen LogP contribution in [0.3, 0.4) is 0 Å². The van der Waals surface area contributed by atoms with Crippen LogP contribution in [0.5, 0.6) is 0 Å². The molecule has 2 N–H and O–H groups in total. The molecule has 1 atom stereocenters. The Hall–Kier alpha value is -0.580. The summed E-state index contributed by atoms with van der Waals surface area (Å²) in [5.41, 5.74) is 10.8. The highest BCUT2D eigenvalue weighted by Gasteiger charge is 2.33. The van der Waals surface area contributed by atoms with E-state index >= 15 is 0 Å². The van der Waals surface area contributed by atoms with Gasteiger partial charge in [0, 0.05) is 26.8 Å². The first-order chi connectivity index (χ1) is 9.37. The number of hydrogen-bond donors (Lipinski definition) is 1. The first-order valence-corrected chi connectivity index (χ1v) is 8.71. The summed E-state index contributed by atoms with van der Waals surface area (Å²) in [5.74, 6) is 0. The predicted molar refractivity (Wildman–Crippen MR) is 89.3 cm³/mol. The molecule has 2 heterocycles. The van der Waals surface area contributed by atoms with Gasteiger partial charge in [-0.2, -0.15) is 0 Å². The number of aromatic nitrogens is 1. The maximum Gasteiger partial charge on any atom is 0.0580 e. The van der Waals surface area contributed by atoms with E-state index in [1.807, 2.05) is 11.3 Å². The van der Waals surface area contributed by atoms with Crippen LogP contribution in [-0.2, 0) is 13.0 Å². The Bertz CT molecular complexity index is 639. The van der Waals surface area contributed by atoms with Crippen LogP contribution in [0.15, 0.2) is 22.0 Å². The largest absolute Gasteiger partial charge is 0.343 e. The Labute approximate surface area is 133 Å². The van der Waals surface area contributed by atoms with Gasteiger partial charge in [0.15, 0.2) is 0 Å².